The van der Waals surface area contributed by atoms with Gasteiger partial charge in [-0.15, -0.1) is 0 Å². The Morgan fingerprint density at radius 3 is 2.62 bits per heavy atom. The molecule has 7 heteroatoms. The lowest BCUT2D eigenvalue weighted by molar-refractivity contribution is -0.383. The van der Waals surface area contributed by atoms with E-state index in [9.17, 15) is 14.9 Å². The molecule has 0 bridgehead atoms. The summed E-state index contributed by atoms with van der Waals surface area (Å²) in [5, 5.41) is 14.7. The van der Waals surface area contributed by atoms with Crippen molar-refractivity contribution in [3.63, 3.8) is 0 Å². The fourth-order valence-corrected chi connectivity index (χ4v) is 2.36. The zero-order valence-electron chi connectivity index (χ0n) is 12.7. The highest BCUT2D eigenvalue weighted by Crippen LogP contribution is 2.35. The zero-order valence-corrected chi connectivity index (χ0v) is 12.7. The number of benzene rings is 2. The van der Waals surface area contributed by atoms with Crippen LogP contribution in [0, 0.1) is 10.1 Å². The average molecular weight is 323 g/mol. The van der Waals surface area contributed by atoms with Gasteiger partial charge in [0, 0.05) is 30.8 Å². The van der Waals surface area contributed by atoms with E-state index >= 15 is 0 Å². The lowest BCUT2D eigenvalue weighted by atomic mass is 10.1. The first-order valence-corrected chi connectivity index (χ1v) is 7.12. The predicted molar refractivity (Wildman–Crippen MR) is 88.3 cm³/mol. The number of amides is 1. The Morgan fingerprint density at radius 1 is 1.17 bits per heavy atom. The Bertz CT molecular complexity index is 940. The summed E-state index contributed by atoms with van der Waals surface area (Å²) in [7, 11) is 1.52. The summed E-state index contributed by atoms with van der Waals surface area (Å²) in [4.78, 5) is 26.3. The van der Waals surface area contributed by atoms with Crippen LogP contribution in [0.3, 0.4) is 0 Å². The third kappa shape index (κ3) is 2.87. The van der Waals surface area contributed by atoms with Crippen molar-refractivity contribution in [2.45, 2.75) is 0 Å². The molecule has 7 nitrogen and oxygen atoms in total. The van der Waals surface area contributed by atoms with Crippen molar-refractivity contribution >= 4 is 22.4 Å². The van der Waals surface area contributed by atoms with E-state index in [-0.39, 0.29) is 17.3 Å². The fraction of sp³-hybridized carbons (Fsp3) is 0.0588. The van der Waals surface area contributed by atoms with Crippen LogP contribution in [-0.4, -0.2) is 22.9 Å². The molecule has 1 aromatic heterocycles. The zero-order chi connectivity index (χ0) is 17.1. The number of fused-ring (bicyclic) bond motifs is 1. The standard InChI is InChI=1S/C17H13N3O4/c1-18-17(21)14-10-11(8-9-19-14)24-16-7-6-15(20(22)23)12-4-2-3-5-13(12)16/h2-10H,1H3,(H,18,21). The Hall–Kier alpha value is -3.48. The van der Waals surface area contributed by atoms with Gasteiger partial charge < -0.3 is 10.1 Å². The largest absolute Gasteiger partial charge is 0.457 e. The number of hydrogen-bond donors (Lipinski definition) is 1. The molecular formula is C17H13N3O4. The molecule has 3 aromatic rings. The summed E-state index contributed by atoms with van der Waals surface area (Å²) >= 11 is 0. The highest BCUT2D eigenvalue weighted by Gasteiger charge is 2.15. The van der Waals surface area contributed by atoms with Crippen LogP contribution in [0.2, 0.25) is 0 Å². The molecule has 0 spiro atoms. The molecule has 0 fully saturated rings. The topological polar surface area (TPSA) is 94.4 Å². The van der Waals surface area contributed by atoms with E-state index < -0.39 is 4.92 Å². The molecule has 120 valence electrons. The normalized spacial score (nSPS) is 10.4. The molecule has 1 amide bonds. The first-order chi connectivity index (χ1) is 11.6. The second-order valence-electron chi connectivity index (χ2n) is 4.94. The Kier molecular flexibility index (Phi) is 4.07. The van der Waals surface area contributed by atoms with Crippen LogP contribution in [0.5, 0.6) is 11.5 Å². The van der Waals surface area contributed by atoms with E-state index in [1.165, 1.54) is 25.4 Å². The predicted octanol–water partition coefficient (Wildman–Crippen LogP) is 3.29. The van der Waals surface area contributed by atoms with Crippen LogP contribution in [0.15, 0.2) is 54.7 Å². The van der Waals surface area contributed by atoms with E-state index in [1.54, 1.807) is 36.4 Å². The van der Waals surface area contributed by atoms with Gasteiger partial charge in [-0.2, -0.15) is 0 Å². The highest BCUT2D eigenvalue weighted by molar-refractivity contribution is 5.95. The molecule has 0 unspecified atom stereocenters. The van der Waals surface area contributed by atoms with Crippen molar-refractivity contribution in [1.29, 1.82) is 0 Å². The van der Waals surface area contributed by atoms with E-state index in [0.29, 0.717) is 22.3 Å². The molecule has 0 saturated carbocycles. The van der Waals surface area contributed by atoms with Gasteiger partial charge in [-0.3, -0.25) is 19.9 Å². The number of carbonyl (C=O) groups excluding carboxylic acids is 1. The minimum absolute atomic E-state index is 0.0127. The molecule has 2 aromatic carbocycles. The van der Waals surface area contributed by atoms with Crippen molar-refractivity contribution in [2.24, 2.45) is 0 Å². The molecule has 0 aliphatic carbocycles. The minimum atomic E-state index is -0.428. The second kappa shape index (κ2) is 6.33. The summed E-state index contributed by atoms with van der Waals surface area (Å²) in [6, 6.07) is 13.0. The number of carbonyl (C=O) groups is 1. The van der Waals surface area contributed by atoms with Crippen LogP contribution < -0.4 is 10.1 Å². The minimum Gasteiger partial charge on any atom is -0.457 e. The van der Waals surface area contributed by atoms with Crippen LogP contribution in [0.1, 0.15) is 10.5 Å². The number of rotatable bonds is 4. The maximum absolute atomic E-state index is 11.6. The molecule has 0 saturated heterocycles. The number of ether oxygens (including phenoxy) is 1. The second-order valence-corrected chi connectivity index (χ2v) is 4.94. The van der Waals surface area contributed by atoms with Gasteiger partial charge in [-0.1, -0.05) is 18.2 Å². The summed E-state index contributed by atoms with van der Waals surface area (Å²) in [5.74, 6) is 0.557. The fourth-order valence-electron chi connectivity index (χ4n) is 2.36. The number of nitrogens with one attached hydrogen (secondary N) is 1. The quantitative estimate of drug-likeness (QED) is 0.587. The van der Waals surface area contributed by atoms with Crippen LogP contribution in [0.25, 0.3) is 10.8 Å². The molecule has 1 heterocycles. The molecule has 0 atom stereocenters. The number of nitro groups is 1. The average Bonchev–Trinajstić information content (AvgIpc) is 2.61. The number of nitrogens with zero attached hydrogens (tertiary/aromatic N) is 2. The summed E-state index contributed by atoms with van der Waals surface area (Å²) in [6.07, 6.45) is 1.47. The van der Waals surface area contributed by atoms with Crippen LogP contribution in [0.4, 0.5) is 5.69 Å². The van der Waals surface area contributed by atoms with Crippen LogP contribution in [-0.2, 0) is 0 Å². The molecule has 0 aliphatic heterocycles. The van der Waals surface area contributed by atoms with Crippen molar-refractivity contribution in [2.75, 3.05) is 7.05 Å². The first kappa shape index (κ1) is 15.4. The molecule has 24 heavy (non-hydrogen) atoms. The van der Waals surface area contributed by atoms with Crippen molar-refractivity contribution in [1.82, 2.24) is 10.3 Å². The summed E-state index contributed by atoms with van der Waals surface area (Å²) in [6.45, 7) is 0. The Labute approximate surface area is 137 Å². The molecule has 1 N–H and O–H groups in total. The van der Waals surface area contributed by atoms with Gasteiger partial charge in [0.1, 0.15) is 17.2 Å². The van der Waals surface area contributed by atoms with Crippen molar-refractivity contribution in [3.8, 4) is 11.5 Å². The maximum Gasteiger partial charge on any atom is 0.277 e. The first-order valence-electron chi connectivity index (χ1n) is 7.12. The number of hydrogen-bond acceptors (Lipinski definition) is 5. The molecule has 3 rings (SSSR count). The van der Waals surface area contributed by atoms with E-state index in [1.807, 2.05) is 0 Å². The highest BCUT2D eigenvalue weighted by atomic mass is 16.6. The number of aromatic nitrogens is 1. The van der Waals surface area contributed by atoms with Gasteiger partial charge in [0.05, 0.1) is 10.3 Å². The third-order valence-corrected chi connectivity index (χ3v) is 3.48. The van der Waals surface area contributed by atoms with Gasteiger partial charge in [0.25, 0.3) is 11.6 Å². The van der Waals surface area contributed by atoms with Crippen molar-refractivity contribution in [3.05, 3.63) is 70.5 Å². The lowest BCUT2D eigenvalue weighted by Crippen LogP contribution is -2.18. The lowest BCUT2D eigenvalue weighted by Gasteiger charge is -2.10. The summed E-state index contributed by atoms with van der Waals surface area (Å²) < 4.78 is 5.82. The van der Waals surface area contributed by atoms with Crippen molar-refractivity contribution < 1.29 is 14.5 Å². The van der Waals surface area contributed by atoms with Gasteiger partial charge in [-0.05, 0) is 18.2 Å². The van der Waals surface area contributed by atoms with E-state index in [4.69, 9.17) is 4.74 Å². The Morgan fingerprint density at radius 2 is 1.92 bits per heavy atom. The smallest absolute Gasteiger partial charge is 0.277 e. The van der Waals surface area contributed by atoms with E-state index in [2.05, 4.69) is 10.3 Å². The van der Waals surface area contributed by atoms with Gasteiger partial charge in [0.2, 0.25) is 0 Å². The van der Waals surface area contributed by atoms with Gasteiger partial charge in [-0.25, -0.2) is 0 Å². The monoisotopic (exact) mass is 323 g/mol. The van der Waals surface area contributed by atoms with Gasteiger partial charge >= 0.3 is 0 Å². The number of non-ortho nitro benzene ring substituents is 1. The van der Waals surface area contributed by atoms with Gasteiger partial charge in [0.15, 0.2) is 0 Å². The Balaban J connectivity index is 2.04. The SMILES string of the molecule is CNC(=O)c1cc(Oc2ccc([N+](=O)[O-])c3ccccc23)ccn1. The molecular weight excluding hydrogens is 310 g/mol. The van der Waals surface area contributed by atoms with E-state index in [0.717, 1.165) is 0 Å². The number of nitro benzene ring substituents is 1. The van der Waals surface area contributed by atoms with Crippen LogP contribution >= 0.6 is 0 Å². The summed E-state index contributed by atoms with van der Waals surface area (Å²) in [5.41, 5.74) is 0.236. The third-order valence-electron chi connectivity index (χ3n) is 3.48. The maximum atomic E-state index is 11.6. The molecule has 0 radical (unpaired) electrons. The molecule has 0 aliphatic rings. The number of pyridine rings is 1.